The summed E-state index contributed by atoms with van der Waals surface area (Å²) in [5.41, 5.74) is 4.78. The highest BCUT2D eigenvalue weighted by molar-refractivity contribution is 7.99. The van der Waals surface area contributed by atoms with Gasteiger partial charge in [-0.05, 0) is 63.1 Å². The Morgan fingerprint density at radius 2 is 1.74 bits per heavy atom. The number of thioether (sulfide) groups is 1. The summed E-state index contributed by atoms with van der Waals surface area (Å²) >= 11 is 13.9. The van der Waals surface area contributed by atoms with E-state index in [1.165, 1.54) is 5.56 Å². The first kappa shape index (κ1) is 30.1. The first-order chi connectivity index (χ1) is 20.2. The van der Waals surface area contributed by atoms with Gasteiger partial charge in [0.05, 0.1) is 10.6 Å². The van der Waals surface area contributed by atoms with E-state index in [0.717, 1.165) is 33.5 Å². The van der Waals surface area contributed by atoms with Crippen molar-refractivity contribution in [2.75, 3.05) is 25.4 Å². The Hall–Kier alpha value is -3.33. The molecular formula is C32H33Cl2N5O2S. The van der Waals surface area contributed by atoms with E-state index in [1.807, 2.05) is 17.9 Å². The van der Waals surface area contributed by atoms with E-state index in [9.17, 15) is 9.59 Å². The molecule has 7 nitrogen and oxygen atoms in total. The number of amides is 2. The number of hydrogen-bond acceptors (Lipinski definition) is 5. The quantitative estimate of drug-likeness (QED) is 0.155. The van der Waals surface area contributed by atoms with Gasteiger partial charge in [-0.25, -0.2) is 0 Å². The first-order valence-electron chi connectivity index (χ1n) is 14.0. The molecule has 1 aromatic heterocycles. The maximum absolute atomic E-state index is 13.1. The minimum atomic E-state index is -0.143. The van der Waals surface area contributed by atoms with Gasteiger partial charge in [0, 0.05) is 54.1 Å². The summed E-state index contributed by atoms with van der Waals surface area (Å²) in [4.78, 5) is 29.8. The maximum atomic E-state index is 13.1. The van der Waals surface area contributed by atoms with Crippen molar-refractivity contribution in [3.8, 4) is 17.1 Å². The molecule has 1 fully saturated rings. The number of nitrogens with zero attached hydrogens (tertiary/aromatic N) is 5. The molecule has 0 aliphatic carbocycles. The molecule has 0 saturated carbocycles. The lowest BCUT2D eigenvalue weighted by Gasteiger charge is -2.40. The van der Waals surface area contributed by atoms with E-state index in [4.69, 9.17) is 23.2 Å². The zero-order chi connectivity index (χ0) is 29.8. The summed E-state index contributed by atoms with van der Waals surface area (Å²) in [6, 6.07) is 21.3. The van der Waals surface area contributed by atoms with Gasteiger partial charge in [0.2, 0.25) is 5.91 Å². The molecule has 1 aliphatic heterocycles. The molecule has 10 heteroatoms. The second kappa shape index (κ2) is 13.3. The van der Waals surface area contributed by atoms with Crippen molar-refractivity contribution in [3.63, 3.8) is 0 Å². The fourth-order valence-electron chi connectivity index (χ4n) is 5.10. The van der Waals surface area contributed by atoms with Crippen molar-refractivity contribution < 1.29 is 9.59 Å². The van der Waals surface area contributed by atoms with Crippen LogP contribution in [0.3, 0.4) is 0 Å². The Balaban J connectivity index is 1.19. The van der Waals surface area contributed by atoms with Gasteiger partial charge < -0.3 is 9.80 Å². The van der Waals surface area contributed by atoms with Crippen LogP contribution in [-0.4, -0.2) is 67.8 Å². The predicted molar refractivity (Wildman–Crippen MR) is 170 cm³/mol. The minimum absolute atomic E-state index is 0.0968. The third-order valence-corrected chi connectivity index (χ3v) is 8.93. The monoisotopic (exact) mass is 621 g/mol. The lowest BCUT2D eigenvalue weighted by atomic mass is 10.1. The van der Waals surface area contributed by atoms with Crippen molar-refractivity contribution in [1.82, 2.24) is 24.6 Å². The van der Waals surface area contributed by atoms with Gasteiger partial charge in [-0.15, -0.1) is 10.2 Å². The molecule has 0 N–H and O–H groups in total. The average molecular weight is 623 g/mol. The van der Waals surface area contributed by atoms with Crippen molar-refractivity contribution in [2.24, 2.45) is 0 Å². The highest BCUT2D eigenvalue weighted by Gasteiger charge is 2.31. The number of carbonyl (C=O) groups excluding carboxylic acids is 2. The fourth-order valence-corrected chi connectivity index (χ4v) is 6.48. The first-order valence-corrected chi connectivity index (χ1v) is 15.7. The molecule has 0 bridgehead atoms. The van der Waals surface area contributed by atoms with Crippen molar-refractivity contribution >= 4 is 46.8 Å². The zero-order valence-electron chi connectivity index (χ0n) is 23.9. The van der Waals surface area contributed by atoms with E-state index in [1.54, 1.807) is 34.9 Å². The lowest BCUT2D eigenvalue weighted by molar-refractivity contribution is -0.133. The summed E-state index contributed by atoms with van der Waals surface area (Å²) in [6.45, 7) is 7.54. The minimum Gasteiger partial charge on any atom is -0.339 e. The van der Waals surface area contributed by atoms with Crippen molar-refractivity contribution in [2.45, 2.75) is 44.8 Å². The SMILES string of the molecule is Cc1ccc(-c2nnc(SCCCC(=O)N3CCN(C(=O)c4ccc(Cl)cc4Cl)C(C)C3)n2-c2cccc(C)c2)cc1. The van der Waals surface area contributed by atoms with Crippen molar-refractivity contribution in [1.29, 1.82) is 0 Å². The second-order valence-electron chi connectivity index (χ2n) is 10.6. The van der Waals surface area contributed by atoms with Crippen LogP contribution >= 0.6 is 35.0 Å². The Morgan fingerprint density at radius 3 is 2.45 bits per heavy atom. The Kier molecular flexibility index (Phi) is 9.56. The van der Waals surface area contributed by atoms with Gasteiger partial charge in [-0.2, -0.15) is 0 Å². The van der Waals surface area contributed by atoms with Crippen LogP contribution in [0.15, 0.2) is 71.9 Å². The molecule has 5 rings (SSSR count). The Labute approximate surface area is 260 Å². The smallest absolute Gasteiger partial charge is 0.255 e. The molecule has 2 amide bonds. The van der Waals surface area contributed by atoms with Crippen LogP contribution in [0.1, 0.15) is 41.3 Å². The standard InChI is InChI=1S/C32H33Cl2N5O2S/c1-21-9-11-24(12-10-21)30-35-36-32(39(30)26-7-4-6-22(2)18-26)42-17-5-8-29(40)37-15-16-38(23(3)20-37)31(41)27-14-13-25(33)19-28(27)34/h4,6-7,9-14,18-19,23H,5,8,15-17,20H2,1-3H3. The molecule has 4 aromatic rings. The molecule has 1 saturated heterocycles. The average Bonchev–Trinajstić information content (AvgIpc) is 3.39. The van der Waals surface area contributed by atoms with Crippen LogP contribution in [0, 0.1) is 13.8 Å². The fraction of sp³-hybridized carbons (Fsp3) is 0.312. The number of aromatic nitrogens is 3. The molecular weight excluding hydrogens is 589 g/mol. The Bertz CT molecular complexity index is 1590. The predicted octanol–water partition coefficient (Wildman–Crippen LogP) is 7.10. The summed E-state index contributed by atoms with van der Waals surface area (Å²) in [7, 11) is 0. The summed E-state index contributed by atoms with van der Waals surface area (Å²) < 4.78 is 2.09. The topological polar surface area (TPSA) is 71.3 Å². The number of aryl methyl sites for hydroxylation is 2. The number of piperazine rings is 1. The molecule has 3 aromatic carbocycles. The van der Waals surface area contributed by atoms with Crippen LogP contribution in [0.2, 0.25) is 10.0 Å². The number of carbonyl (C=O) groups is 2. The van der Waals surface area contributed by atoms with E-state index < -0.39 is 0 Å². The molecule has 42 heavy (non-hydrogen) atoms. The van der Waals surface area contributed by atoms with Crippen LogP contribution in [0.5, 0.6) is 0 Å². The number of hydrogen-bond donors (Lipinski definition) is 0. The molecule has 0 spiro atoms. The molecule has 218 valence electrons. The third-order valence-electron chi connectivity index (χ3n) is 7.37. The Morgan fingerprint density at radius 1 is 0.952 bits per heavy atom. The molecule has 1 unspecified atom stereocenters. The number of rotatable bonds is 8. The van der Waals surface area contributed by atoms with Crippen LogP contribution in [0.4, 0.5) is 0 Å². The number of halogens is 2. The maximum Gasteiger partial charge on any atom is 0.255 e. The second-order valence-corrected chi connectivity index (χ2v) is 12.5. The van der Waals surface area contributed by atoms with Crippen LogP contribution in [0.25, 0.3) is 17.1 Å². The number of benzene rings is 3. The summed E-state index contributed by atoms with van der Waals surface area (Å²) in [6.07, 6.45) is 1.14. The van der Waals surface area contributed by atoms with E-state index in [0.29, 0.717) is 48.1 Å². The van der Waals surface area contributed by atoms with Gasteiger partial charge in [0.1, 0.15) is 0 Å². The molecule has 0 radical (unpaired) electrons. The highest BCUT2D eigenvalue weighted by Crippen LogP contribution is 2.29. The third kappa shape index (κ3) is 6.83. The summed E-state index contributed by atoms with van der Waals surface area (Å²) in [5.74, 6) is 1.47. The highest BCUT2D eigenvalue weighted by atomic mass is 35.5. The van der Waals surface area contributed by atoms with Crippen LogP contribution in [-0.2, 0) is 4.79 Å². The largest absolute Gasteiger partial charge is 0.339 e. The van der Waals surface area contributed by atoms with Crippen LogP contribution < -0.4 is 0 Å². The lowest BCUT2D eigenvalue weighted by Crippen LogP contribution is -2.55. The van der Waals surface area contributed by atoms with Gasteiger partial charge in [-0.1, -0.05) is 76.9 Å². The van der Waals surface area contributed by atoms with E-state index >= 15 is 0 Å². The van der Waals surface area contributed by atoms with E-state index in [2.05, 4.69) is 71.1 Å². The van der Waals surface area contributed by atoms with E-state index in [-0.39, 0.29) is 17.9 Å². The normalized spacial score (nSPS) is 15.2. The van der Waals surface area contributed by atoms with Gasteiger partial charge >= 0.3 is 0 Å². The van der Waals surface area contributed by atoms with Gasteiger partial charge in [-0.3, -0.25) is 14.2 Å². The van der Waals surface area contributed by atoms with Gasteiger partial charge in [0.15, 0.2) is 11.0 Å². The molecule has 1 aliphatic rings. The zero-order valence-corrected chi connectivity index (χ0v) is 26.2. The van der Waals surface area contributed by atoms with Crippen molar-refractivity contribution in [3.05, 3.63) is 93.5 Å². The summed E-state index contributed by atoms with van der Waals surface area (Å²) in [5, 5.41) is 10.7. The van der Waals surface area contributed by atoms with Gasteiger partial charge in [0.25, 0.3) is 5.91 Å². The molecule has 2 heterocycles. The molecule has 1 atom stereocenters.